The molecule has 4 heterocycles. The van der Waals surface area contributed by atoms with Crippen LogP contribution in [0, 0.1) is 0 Å². The van der Waals surface area contributed by atoms with E-state index in [-0.39, 0.29) is 34.2 Å². The highest BCUT2D eigenvalue weighted by atomic mass is 35.5. The van der Waals surface area contributed by atoms with Gasteiger partial charge < -0.3 is 14.8 Å². The summed E-state index contributed by atoms with van der Waals surface area (Å²) in [5.74, 6) is -0.0867. The molecule has 0 saturated carbocycles. The quantitative estimate of drug-likeness (QED) is 0.374. The Morgan fingerprint density at radius 2 is 2.00 bits per heavy atom. The number of benzene rings is 1. The van der Waals surface area contributed by atoms with Crippen molar-refractivity contribution in [1.29, 1.82) is 0 Å². The van der Waals surface area contributed by atoms with E-state index < -0.39 is 27.9 Å². The Morgan fingerprint density at radius 3 is 2.82 bits per heavy atom. The maximum absolute atomic E-state index is 14.2. The fraction of sp³-hybridized carbons (Fsp3) is 0.231. The van der Waals surface area contributed by atoms with Crippen LogP contribution in [-0.2, 0) is 27.7 Å². The van der Waals surface area contributed by atoms with Gasteiger partial charge in [-0.3, -0.25) is 9.78 Å². The largest absolute Gasteiger partial charge is 0.478 e. The monoisotopic (exact) mass is 556 g/mol. The number of hydrogen-bond acceptors (Lipinski definition) is 8. The summed E-state index contributed by atoms with van der Waals surface area (Å²) in [7, 11) is -4.35. The Kier molecular flexibility index (Phi) is 7.24. The van der Waals surface area contributed by atoms with Crippen LogP contribution < -0.4 is 10.1 Å². The molecule has 196 valence electrons. The number of aromatic nitrogens is 3. The molecule has 1 aliphatic rings. The molecule has 0 bridgehead atoms. The molecule has 0 saturated heterocycles. The average molecular weight is 557 g/mol. The van der Waals surface area contributed by atoms with Crippen molar-refractivity contribution in [2.45, 2.75) is 30.5 Å². The molecule has 0 aliphatic carbocycles. The summed E-state index contributed by atoms with van der Waals surface area (Å²) in [6.07, 6.45) is 1.64. The lowest BCUT2D eigenvalue weighted by Gasteiger charge is -2.12. The molecule has 1 amide bonds. The van der Waals surface area contributed by atoms with Crippen LogP contribution >= 0.6 is 11.6 Å². The number of hydrogen-bond donors (Lipinski definition) is 1. The second-order valence-electron chi connectivity index (χ2n) is 8.45. The van der Waals surface area contributed by atoms with Crippen LogP contribution in [0.3, 0.4) is 0 Å². The second kappa shape index (κ2) is 10.6. The van der Waals surface area contributed by atoms with Crippen molar-refractivity contribution in [2.24, 2.45) is 0 Å². The van der Waals surface area contributed by atoms with Crippen LogP contribution in [-0.4, -0.2) is 48.0 Å². The topological polar surface area (TPSA) is 120 Å². The molecule has 9 nitrogen and oxygen atoms in total. The minimum absolute atomic E-state index is 0.00731. The highest BCUT2D eigenvalue weighted by molar-refractivity contribution is 7.92. The molecular weight excluding hydrogens is 535 g/mol. The Balaban J connectivity index is 1.37. The van der Waals surface area contributed by atoms with Crippen molar-refractivity contribution in [2.75, 3.05) is 13.2 Å². The van der Waals surface area contributed by atoms with E-state index in [4.69, 9.17) is 21.1 Å². The summed E-state index contributed by atoms with van der Waals surface area (Å²) in [6.45, 7) is 1.65. The van der Waals surface area contributed by atoms with Gasteiger partial charge in [-0.1, -0.05) is 17.7 Å². The Hall–Kier alpha value is -3.67. The molecule has 0 spiro atoms. The molecule has 38 heavy (non-hydrogen) atoms. The van der Waals surface area contributed by atoms with E-state index in [1.54, 1.807) is 18.3 Å². The standard InChI is InChI=1S/C26H22ClFN4O5S/c1-2-37-25-5-3-4-20(32-25)21-7-6-15-11-29-17(10-22(15)31-21)12-30-26(33)16-8-19(27)18-13-36-14-24(28)38(34,35)23(18)9-16/h3-11,24H,2,12-14H2,1H3,(H,30,33)/t24-/m1/s1. The number of alkyl halides is 1. The number of fused-ring (bicyclic) bond motifs is 2. The van der Waals surface area contributed by atoms with E-state index in [0.29, 0.717) is 35.1 Å². The number of carbonyl (C=O) groups excluding carboxylic acids is 1. The lowest BCUT2D eigenvalue weighted by molar-refractivity contribution is 0.0947. The molecule has 4 aromatic rings. The van der Waals surface area contributed by atoms with Gasteiger partial charge in [0.25, 0.3) is 5.91 Å². The van der Waals surface area contributed by atoms with Gasteiger partial charge in [-0.2, -0.15) is 0 Å². The lowest BCUT2D eigenvalue weighted by atomic mass is 10.1. The highest BCUT2D eigenvalue weighted by Crippen LogP contribution is 2.32. The predicted molar refractivity (Wildman–Crippen MR) is 138 cm³/mol. The first-order valence-electron chi connectivity index (χ1n) is 11.7. The van der Waals surface area contributed by atoms with Gasteiger partial charge in [-0.25, -0.2) is 22.8 Å². The number of halogens is 2. The fourth-order valence-corrected chi connectivity index (χ4v) is 5.66. The first-order valence-corrected chi connectivity index (χ1v) is 13.6. The van der Waals surface area contributed by atoms with Crippen LogP contribution in [0.1, 0.15) is 28.5 Å². The van der Waals surface area contributed by atoms with Gasteiger partial charge in [0.05, 0.1) is 53.9 Å². The average Bonchev–Trinajstić information content (AvgIpc) is 3.02. The van der Waals surface area contributed by atoms with Crippen molar-refractivity contribution in [3.8, 4) is 17.3 Å². The zero-order chi connectivity index (χ0) is 26.9. The van der Waals surface area contributed by atoms with Crippen molar-refractivity contribution in [3.05, 3.63) is 76.6 Å². The number of rotatable bonds is 6. The first-order chi connectivity index (χ1) is 18.3. The number of amides is 1. The fourth-order valence-electron chi connectivity index (χ4n) is 3.97. The van der Waals surface area contributed by atoms with E-state index in [0.717, 1.165) is 11.5 Å². The van der Waals surface area contributed by atoms with Gasteiger partial charge in [0, 0.05) is 33.8 Å². The smallest absolute Gasteiger partial charge is 0.251 e. The zero-order valence-corrected chi connectivity index (χ0v) is 21.7. The molecule has 1 atom stereocenters. The Bertz CT molecular complexity index is 1650. The van der Waals surface area contributed by atoms with Gasteiger partial charge in [-0.05, 0) is 43.3 Å². The third-order valence-corrected chi connectivity index (χ3v) is 8.02. The maximum Gasteiger partial charge on any atom is 0.251 e. The van der Waals surface area contributed by atoms with Gasteiger partial charge in [-0.15, -0.1) is 0 Å². The Labute approximate surface area is 222 Å². The number of nitrogens with zero attached hydrogens (tertiary/aromatic N) is 3. The van der Waals surface area contributed by atoms with Crippen LogP contribution in [0.15, 0.2) is 59.6 Å². The predicted octanol–water partition coefficient (Wildman–Crippen LogP) is 4.27. The summed E-state index contributed by atoms with van der Waals surface area (Å²) in [4.78, 5) is 26.0. The second-order valence-corrected chi connectivity index (χ2v) is 10.9. The van der Waals surface area contributed by atoms with E-state index in [2.05, 4.69) is 20.3 Å². The summed E-state index contributed by atoms with van der Waals surface area (Å²) in [5.41, 5.74) is 0.345. The first kappa shape index (κ1) is 26.0. The minimum Gasteiger partial charge on any atom is -0.478 e. The number of nitrogens with one attached hydrogen (secondary N) is 1. The van der Waals surface area contributed by atoms with Crippen molar-refractivity contribution in [1.82, 2.24) is 20.3 Å². The van der Waals surface area contributed by atoms with E-state index in [1.165, 1.54) is 6.07 Å². The summed E-state index contributed by atoms with van der Waals surface area (Å²) in [5, 5.41) is 3.51. The number of sulfone groups is 1. The van der Waals surface area contributed by atoms with E-state index in [1.807, 2.05) is 31.2 Å². The van der Waals surface area contributed by atoms with Crippen molar-refractivity contribution in [3.63, 3.8) is 0 Å². The molecule has 5 rings (SSSR count). The number of pyridine rings is 3. The molecule has 1 aliphatic heterocycles. The van der Waals surface area contributed by atoms with Crippen LogP contribution in [0.2, 0.25) is 5.02 Å². The lowest BCUT2D eigenvalue weighted by Crippen LogP contribution is -2.24. The van der Waals surface area contributed by atoms with Gasteiger partial charge in [0.15, 0.2) is 0 Å². The highest BCUT2D eigenvalue weighted by Gasteiger charge is 2.34. The van der Waals surface area contributed by atoms with Crippen LogP contribution in [0.25, 0.3) is 22.3 Å². The molecule has 12 heteroatoms. The molecule has 1 N–H and O–H groups in total. The van der Waals surface area contributed by atoms with Crippen molar-refractivity contribution >= 4 is 38.2 Å². The minimum atomic E-state index is -4.35. The van der Waals surface area contributed by atoms with Gasteiger partial charge in [0.1, 0.15) is 0 Å². The SMILES string of the molecule is CCOc1cccc(-c2ccc3cnc(CNC(=O)c4cc(Cl)c5c(c4)S(=O)(=O)[C@@H](F)COC5)cc3n2)n1. The third-order valence-electron chi connectivity index (χ3n) is 5.89. The maximum atomic E-state index is 14.2. The van der Waals surface area contributed by atoms with E-state index >= 15 is 0 Å². The van der Waals surface area contributed by atoms with Crippen LogP contribution in [0.5, 0.6) is 5.88 Å². The molecular formula is C26H22ClFN4O5S. The molecule has 0 fully saturated rings. The van der Waals surface area contributed by atoms with Crippen LogP contribution in [0.4, 0.5) is 4.39 Å². The number of carbonyl (C=O) groups is 1. The molecule has 1 aromatic carbocycles. The van der Waals surface area contributed by atoms with E-state index in [9.17, 15) is 17.6 Å². The van der Waals surface area contributed by atoms with Gasteiger partial charge in [0.2, 0.25) is 21.2 Å². The van der Waals surface area contributed by atoms with Crippen molar-refractivity contribution < 1.29 is 27.1 Å². The molecule has 0 radical (unpaired) electrons. The van der Waals surface area contributed by atoms with Gasteiger partial charge >= 0.3 is 0 Å². The Morgan fingerprint density at radius 1 is 1.18 bits per heavy atom. The third kappa shape index (κ3) is 5.17. The summed E-state index contributed by atoms with van der Waals surface area (Å²) in [6, 6.07) is 13.4. The summed E-state index contributed by atoms with van der Waals surface area (Å²) >= 11 is 6.23. The normalized spacial score (nSPS) is 16.4. The summed E-state index contributed by atoms with van der Waals surface area (Å²) < 4.78 is 49.8. The zero-order valence-electron chi connectivity index (χ0n) is 20.1. The molecule has 0 unspecified atom stereocenters. The molecule has 3 aromatic heterocycles. The number of ether oxygens (including phenoxy) is 2.